The zero-order chi connectivity index (χ0) is 38.0. The zero-order valence-electron chi connectivity index (χ0n) is 34.3. The maximum Gasteiger partial charge on any atom is 0.124 e. The summed E-state index contributed by atoms with van der Waals surface area (Å²) >= 11 is 16.9. The van der Waals surface area contributed by atoms with Gasteiger partial charge < -0.3 is 0 Å². The van der Waals surface area contributed by atoms with Crippen molar-refractivity contribution in [2.45, 2.75) is 206 Å². The van der Waals surface area contributed by atoms with Gasteiger partial charge in [-0.25, -0.2) is 0 Å². The monoisotopic (exact) mass is 964 g/mol. The summed E-state index contributed by atoms with van der Waals surface area (Å²) in [5, 5.41) is 7.55. The Bertz CT molecular complexity index is 1590. The number of hydrogen-bond donors (Lipinski definition) is 0. The standard InChI is InChI=1S/C46H70Br2S4Si2/c1-5-9-13-17-21-25-29-53(30-26-22-18-14-10-6-2)35-33-37(47)49-39(35)41-45(53)43-44(51-41)46-42(52-43)40-36(34-38(48)50-40)54(46,31-27-23-19-15-11-7-3)32-28-24-20-16-12-8-4/h33-34H,5-32H2,1-4H3. The highest BCUT2D eigenvalue weighted by molar-refractivity contribution is 9.11. The number of fused-ring (bicyclic) bond motifs is 9. The molecule has 6 heterocycles. The molecule has 0 radical (unpaired) electrons. The van der Waals surface area contributed by atoms with E-state index in [2.05, 4.69) is 117 Å². The maximum absolute atomic E-state index is 4.06. The summed E-state index contributed by atoms with van der Waals surface area (Å²) in [4.78, 5) is 6.87. The van der Waals surface area contributed by atoms with Gasteiger partial charge in [0.15, 0.2) is 0 Å². The van der Waals surface area contributed by atoms with Crippen molar-refractivity contribution in [2.24, 2.45) is 0 Å². The molecule has 0 amide bonds. The fraction of sp³-hybridized carbons (Fsp3) is 0.696. The topological polar surface area (TPSA) is 0 Å². The molecule has 0 bridgehead atoms. The Morgan fingerprint density at radius 2 is 0.648 bits per heavy atom. The molecule has 54 heavy (non-hydrogen) atoms. The molecule has 0 aromatic carbocycles. The van der Waals surface area contributed by atoms with Gasteiger partial charge in [-0.15, -0.1) is 45.3 Å². The highest BCUT2D eigenvalue weighted by Crippen LogP contribution is 2.53. The lowest BCUT2D eigenvalue weighted by Gasteiger charge is -2.30. The average Bonchev–Trinajstić information content (AvgIpc) is 3.99. The van der Waals surface area contributed by atoms with Crippen molar-refractivity contribution < 1.29 is 0 Å². The molecule has 8 heteroatoms. The fourth-order valence-corrected chi connectivity index (χ4v) is 32.4. The molecule has 4 aromatic heterocycles. The average molecular weight is 967 g/mol. The molecule has 4 aromatic rings. The first-order valence-corrected chi connectivity index (χ1v) is 32.3. The molecule has 0 N–H and O–H groups in total. The normalized spacial score (nSPS) is 15.0. The first kappa shape index (κ1) is 44.0. The van der Waals surface area contributed by atoms with Gasteiger partial charge in [0.25, 0.3) is 0 Å². The lowest BCUT2D eigenvalue weighted by atomic mass is 10.1. The summed E-state index contributed by atoms with van der Waals surface area (Å²) in [6.45, 7) is 9.43. The van der Waals surface area contributed by atoms with Crippen molar-refractivity contribution in [3.8, 4) is 19.5 Å². The maximum atomic E-state index is 4.06. The number of hydrogen-bond acceptors (Lipinski definition) is 4. The Hall–Kier alpha value is 0.454. The third-order valence-electron chi connectivity index (χ3n) is 13.2. The Balaban J connectivity index is 1.42. The smallest absolute Gasteiger partial charge is 0.124 e. The van der Waals surface area contributed by atoms with Crippen LogP contribution in [0.25, 0.3) is 28.9 Å². The SMILES string of the molecule is CCCCCCCC[Si]1(CCCCCCCC)c2cc(Br)sc2-c2sc3c4c(sc3c21)-c1sc(Br)cc1[Si]4(CCCCCCCC)CCCCCCCC. The van der Waals surface area contributed by atoms with Gasteiger partial charge in [0, 0.05) is 28.9 Å². The van der Waals surface area contributed by atoms with Crippen LogP contribution in [0.2, 0.25) is 24.2 Å². The van der Waals surface area contributed by atoms with Crippen LogP contribution in [0.4, 0.5) is 0 Å². The van der Waals surface area contributed by atoms with Crippen LogP contribution in [0.15, 0.2) is 19.7 Å². The van der Waals surface area contributed by atoms with E-state index in [0.29, 0.717) is 0 Å². The minimum absolute atomic E-state index is 1.34. The van der Waals surface area contributed by atoms with Crippen molar-refractivity contribution in [1.29, 1.82) is 0 Å². The molecular formula is C46H70Br2S4Si2. The first-order valence-electron chi connectivity index (χ1n) is 22.7. The van der Waals surface area contributed by atoms with Crippen molar-refractivity contribution in [1.82, 2.24) is 0 Å². The van der Waals surface area contributed by atoms with E-state index in [1.165, 1.54) is 186 Å². The van der Waals surface area contributed by atoms with Gasteiger partial charge in [-0.1, -0.05) is 182 Å². The van der Waals surface area contributed by atoms with E-state index >= 15 is 0 Å². The van der Waals surface area contributed by atoms with Gasteiger partial charge in [-0.2, -0.15) is 0 Å². The van der Waals surface area contributed by atoms with Gasteiger partial charge in [0.05, 0.1) is 7.57 Å². The highest BCUT2D eigenvalue weighted by Gasteiger charge is 2.53. The van der Waals surface area contributed by atoms with Crippen LogP contribution >= 0.6 is 77.2 Å². The molecule has 0 fully saturated rings. The quantitative estimate of drug-likeness (QED) is 0.0393. The first-order chi connectivity index (χ1) is 26.5. The van der Waals surface area contributed by atoms with E-state index < -0.39 is 16.1 Å². The van der Waals surface area contributed by atoms with Crippen LogP contribution in [0.5, 0.6) is 0 Å². The molecule has 0 unspecified atom stereocenters. The molecule has 6 rings (SSSR count). The Morgan fingerprint density at radius 1 is 0.370 bits per heavy atom. The Kier molecular flexibility index (Phi) is 17.6. The Labute approximate surface area is 365 Å². The van der Waals surface area contributed by atoms with E-state index in [-0.39, 0.29) is 0 Å². The fourth-order valence-electron chi connectivity index (χ4n) is 10.3. The van der Waals surface area contributed by atoms with Crippen LogP contribution in [-0.4, -0.2) is 16.1 Å². The zero-order valence-corrected chi connectivity index (χ0v) is 42.8. The summed E-state index contributed by atoms with van der Waals surface area (Å²) in [7, 11) is -3.82. The van der Waals surface area contributed by atoms with Crippen LogP contribution < -0.4 is 20.7 Å². The summed E-state index contributed by atoms with van der Waals surface area (Å²) < 4.78 is 6.34. The third kappa shape index (κ3) is 9.57. The minimum Gasteiger partial charge on any atom is -0.134 e. The van der Waals surface area contributed by atoms with E-state index in [1.807, 2.05) is 20.7 Å². The van der Waals surface area contributed by atoms with E-state index in [4.69, 9.17) is 0 Å². The predicted octanol–water partition coefficient (Wildman–Crippen LogP) is 17.1. The van der Waals surface area contributed by atoms with Crippen molar-refractivity contribution in [3.05, 3.63) is 19.7 Å². The molecule has 300 valence electrons. The Morgan fingerprint density at radius 3 is 0.944 bits per heavy atom. The van der Waals surface area contributed by atoms with Gasteiger partial charge in [-0.05, 0) is 88.9 Å². The van der Waals surface area contributed by atoms with Crippen molar-refractivity contribution in [2.75, 3.05) is 0 Å². The largest absolute Gasteiger partial charge is 0.134 e. The molecule has 0 nitrogen and oxygen atoms in total. The van der Waals surface area contributed by atoms with Crippen LogP contribution in [0.1, 0.15) is 182 Å². The molecule has 0 spiro atoms. The second kappa shape index (κ2) is 21.6. The number of halogens is 2. The van der Waals surface area contributed by atoms with E-state index in [1.54, 1.807) is 28.9 Å². The molecular weight excluding hydrogens is 897 g/mol. The minimum atomic E-state index is -1.91. The lowest BCUT2D eigenvalue weighted by molar-refractivity contribution is 0.616. The molecule has 0 atom stereocenters. The summed E-state index contributed by atoms with van der Waals surface area (Å²) in [5.74, 6) is 0. The van der Waals surface area contributed by atoms with Gasteiger partial charge in [-0.3, -0.25) is 0 Å². The van der Waals surface area contributed by atoms with Crippen LogP contribution in [0, 0.1) is 0 Å². The summed E-state index contributed by atoms with van der Waals surface area (Å²) in [6, 6.07) is 11.2. The number of thiophene rings is 4. The lowest BCUT2D eigenvalue weighted by Crippen LogP contribution is -2.55. The molecule has 2 aliphatic rings. The van der Waals surface area contributed by atoms with Gasteiger partial charge in [0.1, 0.15) is 16.1 Å². The van der Waals surface area contributed by atoms with Crippen molar-refractivity contribution >= 4 is 124 Å². The molecule has 0 saturated carbocycles. The molecule has 0 saturated heterocycles. The van der Waals surface area contributed by atoms with Gasteiger partial charge in [0.2, 0.25) is 0 Å². The van der Waals surface area contributed by atoms with Crippen LogP contribution in [0.3, 0.4) is 0 Å². The van der Waals surface area contributed by atoms with Gasteiger partial charge >= 0.3 is 0 Å². The second-order valence-electron chi connectivity index (χ2n) is 17.1. The van der Waals surface area contributed by atoms with Crippen LogP contribution in [-0.2, 0) is 0 Å². The number of rotatable bonds is 28. The molecule has 2 aliphatic heterocycles. The third-order valence-corrected chi connectivity index (χ3v) is 31.0. The second-order valence-corrected chi connectivity index (χ2v) is 32.4. The predicted molar refractivity (Wildman–Crippen MR) is 265 cm³/mol. The van der Waals surface area contributed by atoms with E-state index in [9.17, 15) is 0 Å². The summed E-state index contributed by atoms with van der Waals surface area (Å²) in [6.07, 6.45) is 33.8. The highest BCUT2D eigenvalue weighted by atomic mass is 79.9. The molecule has 0 aliphatic carbocycles. The number of unbranched alkanes of at least 4 members (excludes halogenated alkanes) is 20. The summed E-state index contributed by atoms with van der Waals surface area (Å²) in [5.41, 5.74) is 0. The van der Waals surface area contributed by atoms with Crippen molar-refractivity contribution in [3.63, 3.8) is 0 Å². The van der Waals surface area contributed by atoms with E-state index in [0.717, 1.165) is 0 Å².